The Morgan fingerprint density at radius 3 is 2.33 bits per heavy atom. The summed E-state index contributed by atoms with van der Waals surface area (Å²) < 4.78 is 0. The van der Waals surface area contributed by atoms with Crippen LogP contribution in [0.5, 0.6) is 0 Å². The first kappa shape index (κ1) is 28.1. The van der Waals surface area contributed by atoms with Crippen molar-refractivity contribution in [3.8, 4) is 0 Å². The van der Waals surface area contributed by atoms with Crippen molar-refractivity contribution in [1.82, 2.24) is 10.2 Å². The van der Waals surface area contributed by atoms with Crippen LogP contribution in [0.3, 0.4) is 0 Å². The Balaban J connectivity index is 2.17. The molecule has 0 aromatic heterocycles. The van der Waals surface area contributed by atoms with Crippen LogP contribution >= 0.6 is 58.2 Å². The van der Waals surface area contributed by atoms with Gasteiger partial charge in [0.25, 0.3) is 0 Å². The molecule has 0 spiro atoms. The number of benzene rings is 2. The largest absolute Gasteiger partial charge is 0.354 e. The number of nitrogens with one attached hydrogen (secondary N) is 1. The lowest BCUT2D eigenvalue weighted by molar-refractivity contribution is -0.139. The maximum atomic E-state index is 13.3. The maximum absolute atomic E-state index is 13.3. The Labute approximate surface area is 220 Å². The fourth-order valence-electron chi connectivity index (χ4n) is 3.14. The van der Waals surface area contributed by atoms with E-state index in [2.05, 4.69) is 5.32 Å². The second-order valence-corrected chi connectivity index (χ2v) is 10.7. The van der Waals surface area contributed by atoms with Gasteiger partial charge < -0.3 is 10.2 Å². The van der Waals surface area contributed by atoms with Crippen LogP contribution < -0.4 is 5.32 Å². The fraction of sp³-hybridized carbons (Fsp3) is 0.417. The van der Waals surface area contributed by atoms with Gasteiger partial charge in [0.1, 0.15) is 6.04 Å². The highest BCUT2D eigenvalue weighted by Crippen LogP contribution is 2.26. The smallest absolute Gasteiger partial charge is 0.242 e. The minimum atomic E-state index is -0.603. The van der Waals surface area contributed by atoms with Gasteiger partial charge in [-0.2, -0.15) is 0 Å². The van der Waals surface area contributed by atoms with Crippen LogP contribution in [0.25, 0.3) is 0 Å². The van der Waals surface area contributed by atoms with Gasteiger partial charge in [0.05, 0.1) is 15.8 Å². The van der Waals surface area contributed by atoms with E-state index in [1.807, 2.05) is 26.8 Å². The van der Waals surface area contributed by atoms with Crippen molar-refractivity contribution in [2.24, 2.45) is 5.92 Å². The van der Waals surface area contributed by atoms with Crippen LogP contribution in [0.15, 0.2) is 36.4 Å². The summed E-state index contributed by atoms with van der Waals surface area (Å²) in [6.45, 7) is 6.71. The van der Waals surface area contributed by atoms with Gasteiger partial charge in [-0.15, -0.1) is 11.8 Å². The Morgan fingerprint density at radius 2 is 1.73 bits per heavy atom. The average Bonchev–Trinajstić information content (AvgIpc) is 2.76. The molecule has 1 N–H and O–H groups in total. The van der Waals surface area contributed by atoms with E-state index < -0.39 is 6.04 Å². The molecular formula is C24H28Cl4N2O2S. The highest BCUT2D eigenvalue weighted by Gasteiger charge is 2.29. The molecule has 0 aliphatic carbocycles. The molecule has 9 heteroatoms. The second-order valence-electron chi connectivity index (χ2n) is 8.06. The van der Waals surface area contributed by atoms with Gasteiger partial charge >= 0.3 is 0 Å². The zero-order valence-corrected chi connectivity index (χ0v) is 22.7. The van der Waals surface area contributed by atoms with Crippen molar-refractivity contribution in [2.45, 2.75) is 45.5 Å². The third-order valence-electron chi connectivity index (χ3n) is 4.90. The molecule has 0 bridgehead atoms. The summed E-state index contributed by atoms with van der Waals surface area (Å²) >= 11 is 25.9. The van der Waals surface area contributed by atoms with Crippen LogP contribution in [0.2, 0.25) is 20.1 Å². The summed E-state index contributed by atoms with van der Waals surface area (Å²) in [5.74, 6) is 0.799. The van der Waals surface area contributed by atoms with E-state index in [1.165, 1.54) is 11.8 Å². The SMILES string of the molecule is CCC(C(=O)NCC(C)C)N(Cc1ccc(Cl)cc1Cl)C(=O)CSCc1ccc(Cl)c(Cl)c1. The number of amides is 2. The van der Waals surface area contributed by atoms with E-state index in [4.69, 9.17) is 46.4 Å². The monoisotopic (exact) mass is 548 g/mol. The van der Waals surface area contributed by atoms with E-state index in [1.54, 1.807) is 35.2 Å². The van der Waals surface area contributed by atoms with Gasteiger partial charge in [-0.3, -0.25) is 9.59 Å². The molecule has 0 fully saturated rings. The number of hydrogen-bond acceptors (Lipinski definition) is 3. The first-order valence-corrected chi connectivity index (χ1v) is 13.3. The maximum Gasteiger partial charge on any atom is 0.242 e. The van der Waals surface area contributed by atoms with E-state index in [0.29, 0.717) is 44.7 Å². The van der Waals surface area contributed by atoms with Crippen molar-refractivity contribution in [3.05, 3.63) is 67.6 Å². The van der Waals surface area contributed by atoms with Crippen LogP contribution in [-0.4, -0.2) is 35.1 Å². The Hall–Kier alpha value is -1.11. The second kappa shape index (κ2) is 13.7. The molecule has 2 aromatic carbocycles. The standard InChI is InChI=1S/C24H28Cl4N2O2S/c1-4-22(24(32)29-11-15(2)3)30(12-17-6-7-18(25)10-20(17)27)23(31)14-33-13-16-5-8-19(26)21(28)9-16/h5-10,15,22H,4,11-14H2,1-3H3,(H,29,32). The number of nitrogens with zero attached hydrogens (tertiary/aromatic N) is 1. The predicted molar refractivity (Wildman–Crippen MR) is 142 cm³/mol. The molecule has 33 heavy (non-hydrogen) atoms. The topological polar surface area (TPSA) is 49.4 Å². The molecule has 4 nitrogen and oxygen atoms in total. The van der Waals surface area contributed by atoms with Gasteiger partial charge in [0.2, 0.25) is 11.8 Å². The molecular weight excluding hydrogens is 522 g/mol. The van der Waals surface area contributed by atoms with E-state index >= 15 is 0 Å². The molecule has 2 amide bonds. The summed E-state index contributed by atoms with van der Waals surface area (Å²) in [5, 5.41) is 4.90. The molecule has 0 radical (unpaired) electrons. The number of halogens is 4. The first-order chi connectivity index (χ1) is 15.6. The number of hydrogen-bond donors (Lipinski definition) is 1. The van der Waals surface area contributed by atoms with Gasteiger partial charge in [-0.25, -0.2) is 0 Å². The summed E-state index contributed by atoms with van der Waals surface area (Å²) in [7, 11) is 0. The molecule has 0 saturated heterocycles. The zero-order chi connectivity index (χ0) is 24.5. The Kier molecular flexibility index (Phi) is 11.7. The molecule has 1 atom stereocenters. The fourth-order valence-corrected chi connectivity index (χ4v) is 4.79. The van der Waals surface area contributed by atoms with Crippen molar-refractivity contribution in [2.75, 3.05) is 12.3 Å². The van der Waals surface area contributed by atoms with Gasteiger partial charge in [0, 0.05) is 28.9 Å². The Morgan fingerprint density at radius 1 is 1.00 bits per heavy atom. The van der Waals surface area contributed by atoms with E-state index in [-0.39, 0.29) is 24.1 Å². The summed E-state index contributed by atoms with van der Waals surface area (Å²) in [6.07, 6.45) is 0.484. The first-order valence-electron chi connectivity index (χ1n) is 10.6. The normalized spacial score (nSPS) is 12.0. The van der Waals surface area contributed by atoms with Crippen LogP contribution in [0.4, 0.5) is 0 Å². The lowest BCUT2D eigenvalue weighted by Gasteiger charge is -2.31. The van der Waals surface area contributed by atoms with Crippen molar-refractivity contribution < 1.29 is 9.59 Å². The highest BCUT2D eigenvalue weighted by atomic mass is 35.5. The zero-order valence-electron chi connectivity index (χ0n) is 18.8. The summed E-state index contributed by atoms with van der Waals surface area (Å²) in [4.78, 5) is 27.8. The molecule has 0 aliphatic heterocycles. The molecule has 0 aliphatic rings. The lowest BCUT2D eigenvalue weighted by atomic mass is 10.1. The van der Waals surface area contributed by atoms with Gasteiger partial charge in [-0.05, 0) is 47.7 Å². The molecule has 2 aromatic rings. The van der Waals surface area contributed by atoms with Crippen molar-refractivity contribution in [1.29, 1.82) is 0 Å². The third kappa shape index (κ3) is 8.88. The third-order valence-corrected chi connectivity index (χ3v) is 7.22. The average molecular weight is 550 g/mol. The Bertz CT molecular complexity index is 971. The minimum absolute atomic E-state index is 0.141. The van der Waals surface area contributed by atoms with Gasteiger partial charge in [0.15, 0.2) is 0 Å². The minimum Gasteiger partial charge on any atom is -0.354 e. The van der Waals surface area contributed by atoms with Crippen LogP contribution in [0.1, 0.15) is 38.3 Å². The molecule has 2 rings (SSSR count). The number of rotatable bonds is 11. The van der Waals surface area contributed by atoms with Crippen LogP contribution in [-0.2, 0) is 21.9 Å². The molecule has 0 saturated carbocycles. The summed E-state index contributed by atoms with van der Waals surface area (Å²) in [6, 6.07) is 9.96. The van der Waals surface area contributed by atoms with E-state index in [0.717, 1.165) is 11.1 Å². The van der Waals surface area contributed by atoms with Crippen LogP contribution in [0, 0.1) is 5.92 Å². The number of thioether (sulfide) groups is 1. The van der Waals surface area contributed by atoms with Crippen molar-refractivity contribution >= 4 is 70.0 Å². The molecule has 1 unspecified atom stereocenters. The molecule has 180 valence electrons. The predicted octanol–water partition coefficient (Wildman–Crippen LogP) is 7.11. The number of carbonyl (C=O) groups excluding carboxylic acids is 2. The molecule has 0 heterocycles. The summed E-state index contributed by atoms with van der Waals surface area (Å²) in [5.41, 5.74) is 1.70. The van der Waals surface area contributed by atoms with E-state index in [9.17, 15) is 9.59 Å². The highest BCUT2D eigenvalue weighted by molar-refractivity contribution is 7.99. The van der Waals surface area contributed by atoms with Gasteiger partial charge in [-0.1, -0.05) is 79.3 Å². The van der Waals surface area contributed by atoms with Crippen molar-refractivity contribution in [3.63, 3.8) is 0 Å². The quantitative estimate of drug-likeness (QED) is 0.325. The number of carbonyl (C=O) groups is 2. The lowest BCUT2D eigenvalue weighted by Crippen LogP contribution is -2.50.